The van der Waals surface area contributed by atoms with Crippen LogP contribution in [0.2, 0.25) is 0 Å². The average molecular weight is 295 g/mol. The van der Waals surface area contributed by atoms with Gasteiger partial charge >= 0.3 is 5.97 Å². The summed E-state index contributed by atoms with van der Waals surface area (Å²) in [6, 6.07) is 0. The third kappa shape index (κ3) is 4.27. The summed E-state index contributed by atoms with van der Waals surface area (Å²) in [7, 11) is 2.11. The largest absolute Gasteiger partial charge is 0.477 e. The van der Waals surface area contributed by atoms with E-state index in [4.69, 9.17) is 5.11 Å². The monoisotopic (exact) mass is 295 g/mol. The highest BCUT2D eigenvalue weighted by atomic mass is 16.4. The van der Waals surface area contributed by atoms with Crippen molar-refractivity contribution >= 4 is 11.9 Å². The maximum Gasteiger partial charge on any atom is 0.354 e. The zero-order valence-electron chi connectivity index (χ0n) is 12.1. The fourth-order valence-corrected chi connectivity index (χ4v) is 2.29. The molecule has 0 bridgehead atoms. The number of amides is 1. The predicted molar refractivity (Wildman–Crippen MR) is 76.4 cm³/mol. The van der Waals surface area contributed by atoms with Gasteiger partial charge in [0.15, 0.2) is 11.4 Å². The second-order valence-electron chi connectivity index (χ2n) is 5.19. The fourth-order valence-electron chi connectivity index (χ4n) is 2.29. The predicted octanol–water partition coefficient (Wildman–Crippen LogP) is -0.525. The Morgan fingerprint density at radius 3 is 2.76 bits per heavy atom. The molecule has 1 amide bonds. The molecule has 0 spiro atoms. The van der Waals surface area contributed by atoms with Crippen molar-refractivity contribution in [3.63, 3.8) is 0 Å². The highest BCUT2D eigenvalue weighted by Gasteiger charge is 2.19. The number of nitrogens with zero attached hydrogens (tertiary/aromatic N) is 3. The Labute approximate surface area is 123 Å². The van der Waals surface area contributed by atoms with Gasteiger partial charge in [-0.05, 0) is 20.0 Å². The van der Waals surface area contributed by atoms with Crippen molar-refractivity contribution in [2.45, 2.75) is 6.42 Å². The average Bonchev–Trinajstić information content (AvgIpc) is 2.95. The number of imidazole rings is 1. The first-order valence-electron chi connectivity index (χ1n) is 7.03. The second-order valence-corrected chi connectivity index (χ2v) is 5.19. The summed E-state index contributed by atoms with van der Waals surface area (Å²) in [5.74, 6) is -1.64. The molecular weight excluding hydrogens is 274 g/mol. The van der Waals surface area contributed by atoms with Gasteiger partial charge in [-0.3, -0.25) is 4.79 Å². The molecule has 21 heavy (non-hydrogen) atoms. The molecule has 1 aromatic rings. The number of rotatable bonds is 6. The van der Waals surface area contributed by atoms with Crippen LogP contribution in [-0.2, 0) is 0 Å². The Kier molecular flexibility index (Phi) is 5.29. The Morgan fingerprint density at radius 2 is 2.10 bits per heavy atom. The number of nitrogens with one attached hydrogen (secondary N) is 2. The van der Waals surface area contributed by atoms with Gasteiger partial charge in [-0.25, -0.2) is 9.78 Å². The normalized spacial score (nSPS) is 16.8. The highest BCUT2D eigenvalue weighted by Crippen LogP contribution is 2.03. The van der Waals surface area contributed by atoms with Gasteiger partial charge in [0.25, 0.3) is 5.91 Å². The summed E-state index contributed by atoms with van der Waals surface area (Å²) in [4.78, 5) is 33.6. The van der Waals surface area contributed by atoms with Crippen LogP contribution in [-0.4, -0.2) is 83.1 Å². The quantitative estimate of drug-likeness (QED) is 0.610. The fraction of sp³-hybridized carbons (Fsp3) is 0.615. The third-order valence-electron chi connectivity index (χ3n) is 3.60. The van der Waals surface area contributed by atoms with E-state index in [0.717, 1.165) is 39.1 Å². The molecule has 1 fully saturated rings. The van der Waals surface area contributed by atoms with Crippen molar-refractivity contribution in [3.8, 4) is 0 Å². The van der Waals surface area contributed by atoms with Gasteiger partial charge in [0.05, 0.1) is 6.33 Å². The van der Waals surface area contributed by atoms with E-state index in [1.54, 1.807) is 0 Å². The van der Waals surface area contributed by atoms with Crippen LogP contribution in [0.3, 0.4) is 0 Å². The van der Waals surface area contributed by atoms with Crippen LogP contribution in [0.4, 0.5) is 0 Å². The van der Waals surface area contributed by atoms with Crippen LogP contribution in [0.25, 0.3) is 0 Å². The molecule has 1 aromatic heterocycles. The summed E-state index contributed by atoms with van der Waals surface area (Å²) in [5.41, 5.74) is -0.242. The second kappa shape index (κ2) is 7.19. The van der Waals surface area contributed by atoms with E-state index in [2.05, 4.69) is 32.1 Å². The van der Waals surface area contributed by atoms with Crippen molar-refractivity contribution in [1.29, 1.82) is 0 Å². The van der Waals surface area contributed by atoms with Crippen LogP contribution in [0.1, 0.15) is 27.4 Å². The number of hydrogen-bond donors (Lipinski definition) is 3. The molecule has 1 aliphatic heterocycles. The van der Waals surface area contributed by atoms with E-state index >= 15 is 0 Å². The van der Waals surface area contributed by atoms with Gasteiger partial charge < -0.3 is 25.2 Å². The number of carboxylic acid groups (broad SMARTS) is 1. The summed E-state index contributed by atoms with van der Waals surface area (Å²) in [5, 5.41) is 11.6. The highest BCUT2D eigenvalue weighted by molar-refractivity contribution is 6.02. The van der Waals surface area contributed by atoms with Gasteiger partial charge in [0.2, 0.25) is 0 Å². The van der Waals surface area contributed by atoms with E-state index in [1.165, 1.54) is 6.33 Å². The van der Waals surface area contributed by atoms with Crippen molar-refractivity contribution in [3.05, 3.63) is 17.7 Å². The first-order chi connectivity index (χ1) is 10.1. The molecular formula is C13H21N5O3. The number of likely N-dealkylation sites (N-methyl/N-ethyl adjacent to an activating group) is 1. The lowest BCUT2D eigenvalue weighted by atomic mass is 10.3. The molecule has 1 aliphatic rings. The van der Waals surface area contributed by atoms with E-state index in [0.29, 0.717) is 6.54 Å². The zero-order chi connectivity index (χ0) is 15.2. The standard InChI is InChI=1S/C13H21N5O3/c1-17-5-7-18(8-6-17)4-2-3-14-12(19)10-11(13(20)21)16-9-15-10/h9H,2-8H2,1H3,(H,14,19)(H,15,16)(H,20,21). The molecule has 0 radical (unpaired) electrons. The Bertz CT molecular complexity index is 494. The number of H-pyrrole nitrogens is 1. The van der Waals surface area contributed by atoms with E-state index in [-0.39, 0.29) is 11.4 Å². The molecule has 116 valence electrons. The lowest BCUT2D eigenvalue weighted by Crippen LogP contribution is -2.45. The minimum atomic E-state index is -1.19. The van der Waals surface area contributed by atoms with Crippen molar-refractivity contribution in [2.75, 3.05) is 46.3 Å². The number of carbonyl (C=O) groups excluding carboxylic acids is 1. The first kappa shape index (κ1) is 15.5. The van der Waals surface area contributed by atoms with Gasteiger partial charge in [-0.15, -0.1) is 0 Å². The lowest BCUT2D eigenvalue weighted by molar-refractivity contribution is 0.0685. The van der Waals surface area contributed by atoms with E-state index in [1.807, 2.05) is 0 Å². The van der Waals surface area contributed by atoms with Gasteiger partial charge in [-0.1, -0.05) is 0 Å². The molecule has 0 unspecified atom stereocenters. The van der Waals surface area contributed by atoms with E-state index in [9.17, 15) is 9.59 Å². The smallest absolute Gasteiger partial charge is 0.354 e. The molecule has 3 N–H and O–H groups in total. The number of hydrogen-bond acceptors (Lipinski definition) is 5. The SMILES string of the molecule is CN1CCN(CCCNC(=O)c2nc[nH]c2C(=O)O)CC1. The van der Waals surface area contributed by atoms with Gasteiger partial charge in [-0.2, -0.15) is 0 Å². The van der Waals surface area contributed by atoms with Gasteiger partial charge in [0.1, 0.15) is 0 Å². The zero-order valence-corrected chi connectivity index (χ0v) is 12.1. The van der Waals surface area contributed by atoms with Crippen LogP contribution < -0.4 is 5.32 Å². The van der Waals surface area contributed by atoms with Crippen molar-refractivity contribution < 1.29 is 14.7 Å². The summed E-state index contributed by atoms with van der Waals surface area (Å²) >= 11 is 0. The number of piperazine rings is 1. The summed E-state index contributed by atoms with van der Waals surface area (Å²) < 4.78 is 0. The number of aromatic amines is 1. The molecule has 0 aromatic carbocycles. The molecule has 2 rings (SSSR count). The lowest BCUT2D eigenvalue weighted by Gasteiger charge is -2.32. The number of aromatic carboxylic acids is 1. The minimum absolute atomic E-state index is 0.0675. The number of carbonyl (C=O) groups is 2. The minimum Gasteiger partial charge on any atom is -0.477 e. The molecule has 0 saturated carbocycles. The molecule has 1 saturated heterocycles. The molecule has 2 heterocycles. The first-order valence-corrected chi connectivity index (χ1v) is 7.03. The van der Waals surface area contributed by atoms with Gasteiger partial charge in [0, 0.05) is 32.7 Å². The molecule has 8 nitrogen and oxygen atoms in total. The maximum absolute atomic E-state index is 11.8. The molecule has 8 heteroatoms. The Balaban J connectivity index is 1.70. The molecule has 0 aliphatic carbocycles. The number of carboxylic acids is 1. The topological polar surface area (TPSA) is 102 Å². The third-order valence-corrected chi connectivity index (χ3v) is 3.60. The summed E-state index contributed by atoms with van der Waals surface area (Å²) in [6.07, 6.45) is 2.05. The van der Waals surface area contributed by atoms with Crippen molar-refractivity contribution in [1.82, 2.24) is 25.1 Å². The van der Waals surface area contributed by atoms with Crippen LogP contribution in [0.15, 0.2) is 6.33 Å². The van der Waals surface area contributed by atoms with Crippen LogP contribution in [0.5, 0.6) is 0 Å². The van der Waals surface area contributed by atoms with E-state index < -0.39 is 11.9 Å². The maximum atomic E-state index is 11.8. The molecule has 0 atom stereocenters. The summed E-state index contributed by atoms with van der Waals surface area (Å²) in [6.45, 7) is 5.68. The van der Waals surface area contributed by atoms with Crippen LogP contribution in [0, 0.1) is 0 Å². The Morgan fingerprint density at radius 1 is 1.38 bits per heavy atom. The number of aromatic nitrogens is 2. The Hall–Kier alpha value is -1.93. The van der Waals surface area contributed by atoms with Crippen molar-refractivity contribution in [2.24, 2.45) is 0 Å². The van der Waals surface area contributed by atoms with Crippen LogP contribution >= 0.6 is 0 Å².